The number of unbranched alkanes of at least 4 members (excludes halogenated alkanes) is 12. The van der Waals surface area contributed by atoms with Gasteiger partial charge in [-0.15, -0.1) is 0 Å². The molecule has 0 fully saturated rings. The average molecular weight is 337 g/mol. The largest absolute Gasteiger partial charge is 0.462 e. The summed E-state index contributed by atoms with van der Waals surface area (Å²) in [7, 11) is 0. The molecule has 0 unspecified atom stereocenters. The molecule has 0 heterocycles. The van der Waals surface area contributed by atoms with Crippen LogP contribution in [-0.2, 0) is 9.53 Å². The summed E-state index contributed by atoms with van der Waals surface area (Å²) in [5.41, 5.74) is 0.486. The number of rotatable bonds is 17. The van der Waals surface area contributed by atoms with Crippen LogP contribution in [0.15, 0.2) is 24.3 Å². The first-order valence-corrected chi connectivity index (χ1v) is 10.2. The third-order valence-corrected chi connectivity index (χ3v) is 4.24. The fourth-order valence-electron chi connectivity index (χ4n) is 2.64. The number of ether oxygens (including phenoxy) is 1. The van der Waals surface area contributed by atoms with Crippen molar-refractivity contribution in [3.63, 3.8) is 0 Å². The van der Waals surface area contributed by atoms with Crippen LogP contribution in [0.5, 0.6) is 0 Å². The van der Waals surface area contributed by atoms with E-state index in [-0.39, 0.29) is 5.97 Å². The summed E-state index contributed by atoms with van der Waals surface area (Å²) in [6.45, 7) is 8.06. The summed E-state index contributed by atoms with van der Waals surface area (Å²) in [6.07, 6.45) is 22.8. The summed E-state index contributed by atoms with van der Waals surface area (Å²) < 4.78 is 5.07. The second-order valence-electron chi connectivity index (χ2n) is 6.85. The predicted octanol–water partition coefficient (Wildman–Crippen LogP) is 7.14. The third-order valence-electron chi connectivity index (χ3n) is 4.24. The molecule has 0 aromatic rings. The van der Waals surface area contributed by atoms with E-state index in [0.717, 1.165) is 12.8 Å². The number of hydrogen-bond acceptors (Lipinski definition) is 2. The Morgan fingerprint density at radius 3 is 1.75 bits per heavy atom. The van der Waals surface area contributed by atoms with Crippen LogP contribution in [0.4, 0.5) is 0 Å². The molecule has 0 saturated carbocycles. The lowest BCUT2D eigenvalue weighted by Crippen LogP contribution is -2.05. The van der Waals surface area contributed by atoms with Crippen molar-refractivity contribution in [1.82, 2.24) is 0 Å². The van der Waals surface area contributed by atoms with Crippen LogP contribution >= 0.6 is 0 Å². The van der Waals surface area contributed by atoms with Crippen LogP contribution in [0.2, 0.25) is 0 Å². The first-order chi connectivity index (χ1) is 11.7. The van der Waals surface area contributed by atoms with Crippen molar-refractivity contribution >= 4 is 5.97 Å². The summed E-state index contributed by atoms with van der Waals surface area (Å²) in [5, 5.41) is 0. The van der Waals surface area contributed by atoms with Gasteiger partial charge in [-0.25, -0.2) is 4.79 Å². The van der Waals surface area contributed by atoms with E-state index in [2.05, 4.69) is 25.7 Å². The van der Waals surface area contributed by atoms with E-state index in [1.165, 1.54) is 77.0 Å². The molecule has 0 aliphatic heterocycles. The van der Waals surface area contributed by atoms with Crippen molar-refractivity contribution in [1.29, 1.82) is 0 Å². The number of esters is 1. The first kappa shape index (κ1) is 22.9. The van der Waals surface area contributed by atoms with E-state index >= 15 is 0 Å². The van der Waals surface area contributed by atoms with E-state index in [1.54, 1.807) is 6.92 Å². The smallest absolute Gasteiger partial charge is 0.333 e. The molecule has 140 valence electrons. The molecule has 0 rings (SSSR count). The maximum Gasteiger partial charge on any atom is 0.333 e. The standard InChI is InChI=1S/C22H40O2/c1-4-5-6-7-8-9-10-11-12-13-14-15-16-17-18-19-20-24-22(23)21(2)3/h11-12H,2,4-10,13-20H2,1,3H3. The predicted molar refractivity (Wildman–Crippen MR) is 105 cm³/mol. The van der Waals surface area contributed by atoms with Gasteiger partial charge in [0.25, 0.3) is 0 Å². The summed E-state index contributed by atoms with van der Waals surface area (Å²) in [6, 6.07) is 0. The SMILES string of the molecule is C=C(C)C(=O)OCCCCCCCCC=CCCCCCCCC. The zero-order valence-corrected chi connectivity index (χ0v) is 16.3. The molecule has 0 saturated heterocycles. The van der Waals surface area contributed by atoms with Crippen molar-refractivity contribution in [3.8, 4) is 0 Å². The van der Waals surface area contributed by atoms with Crippen LogP contribution in [0, 0.1) is 0 Å². The van der Waals surface area contributed by atoms with Crippen molar-refractivity contribution in [2.75, 3.05) is 6.61 Å². The molecule has 0 aliphatic carbocycles. The van der Waals surface area contributed by atoms with Gasteiger partial charge < -0.3 is 4.74 Å². The van der Waals surface area contributed by atoms with E-state index in [9.17, 15) is 4.79 Å². The zero-order valence-electron chi connectivity index (χ0n) is 16.3. The Balaban J connectivity index is 3.15. The Hall–Kier alpha value is -1.05. The van der Waals surface area contributed by atoms with E-state index in [1.807, 2.05) is 0 Å². The highest BCUT2D eigenvalue weighted by Gasteiger charge is 2.01. The molecule has 0 atom stereocenters. The van der Waals surface area contributed by atoms with Gasteiger partial charge in [-0.1, -0.05) is 83.4 Å². The molecular weight excluding hydrogens is 296 g/mol. The van der Waals surface area contributed by atoms with Crippen LogP contribution in [0.25, 0.3) is 0 Å². The minimum absolute atomic E-state index is 0.261. The summed E-state index contributed by atoms with van der Waals surface area (Å²) in [4.78, 5) is 11.2. The van der Waals surface area contributed by atoms with Crippen molar-refractivity contribution in [3.05, 3.63) is 24.3 Å². The van der Waals surface area contributed by atoms with Crippen molar-refractivity contribution in [2.24, 2.45) is 0 Å². The molecule has 0 aliphatic rings. The first-order valence-electron chi connectivity index (χ1n) is 10.2. The molecule has 24 heavy (non-hydrogen) atoms. The van der Waals surface area contributed by atoms with Crippen LogP contribution in [0.1, 0.15) is 104 Å². The molecule has 0 amide bonds. The lowest BCUT2D eigenvalue weighted by atomic mass is 10.1. The van der Waals surface area contributed by atoms with E-state index < -0.39 is 0 Å². The number of allylic oxidation sites excluding steroid dienone is 2. The molecule has 0 spiro atoms. The quantitative estimate of drug-likeness (QED) is 0.122. The molecule has 0 aromatic heterocycles. The Bertz CT molecular complexity index is 331. The molecule has 2 heteroatoms. The minimum atomic E-state index is -0.261. The average Bonchev–Trinajstić information content (AvgIpc) is 2.57. The Morgan fingerprint density at radius 1 is 0.792 bits per heavy atom. The second kappa shape index (κ2) is 18.3. The molecule has 0 N–H and O–H groups in total. The van der Waals surface area contributed by atoms with Crippen molar-refractivity contribution in [2.45, 2.75) is 104 Å². The van der Waals surface area contributed by atoms with E-state index in [0.29, 0.717) is 12.2 Å². The summed E-state index contributed by atoms with van der Waals surface area (Å²) >= 11 is 0. The van der Waals surface area contributed by atoms with Crippen LogP contribution in [-0.4, -0.2) is 12.6 Å². The minimum Gasteiger partial charge on any atom is -0.462 e. The lowest BCUT2D eigenvalue weighted by Gasteiger charge is -2.04. The molecule has 0 bridgehead atoms. The van der Waals surface area contributed by atoms with Gasteiger partial charge in [-0.2, -0.15) is 0 Å². The van der Waals surface area contributed by atoms with Gasteiger partial charge in [0, 0.05) is 5.57 Å². The van der Waals surface area contributed by atoms with Gasteiger partial charge in [-0.3, -0.25) is 0 Å². The third kappa shape index (κ3) is 17.3. The molecule has 0 radical (unpaired) electrons. The van der Waals surface area contributed by atoms with Gasteiger partial charge in [0.15, 0.2) is 0 Å². The summed E-state index contributed by atoms with van der Waals surface area (Å²) in [5.74, 6) is -0.261. The van der Waals surface area contributed by atoms with Crippen molar-refractivity contribution < 1.29 is 9.53 Å². The zero-order chi connectivity index (χ0) is 17.9. The Morgan fingerprint density at radius 2 is 1.25 bits per heavy atom. The lowest BCUT2D eigenvalue weighted by molar-refractivity contribution is -0.139. The molecular formula is C22H40O2. The number of carbonyl (C=O) groups excluding carboxylic acids is 1. The van der Waals surface area contributed by atoms with Gasteiger partial charge in [0.2, 0.25) is 0 Å². The van der Waals surface area contributed by atoms with Gasteiger partial charge in [-0.05, 0) is 39.0 Å². The Labute approximate surface area is 150 Å². The maximum absolute atomic E-state index is 11.2. The van der Waals surface area contributed by atoms with Crippen LogP contribution in [0.3, 0.4) is 0 Å². The normalized spacial score (nSPS) is 11.1. The van der Waals surface area contributed by atoms with E-state index in [4.69, 9.17) is 4.74 Å². The van der Waals surface area contributed by atoms with Gasteiger partial charge in [0.1, 0.15) is 0 Å². The fourth-order valence-corrected chi connectivity index (χ4v) is 2.64. The monoisotopic (exact) mass is 336 g/mol. The number of hydrogen-bond donors (Lipinski definition) is 0. The number of carbonyl (C=O) groups is 1. The highest BCUT2D eigenvalue weighted by molar-refractivity contribution is 5.86. The van der Waals surface area contributed by atoms with Crippen LogP contribution < -0.4 is 0 Å². The maximum atomic E-state index is 11.2. The fraction of sp³-hybridized carbons (Fsp3) is 0.773. The topological polar surface area (TPSA) is 26.3 Å². The van der Waals surface area contributed by atoms with Gasteiger partial charge >= 0.3 is 5.97 Å². The second-order valence-corrected chi connectivity index (χ2v) is 6.85. The van der Waals surface area contributed by atoms with Gasteiger partial charge in [0.05, 0.1) is 6.61 Å². The highest BCUT2D eigenvalue weighted by Crippen LogP contribution is 2.10. The highest BCUT2D eigenvalue weighted by atomic mass is 16.5. The Kier molecular flexibility index (Phi) is 17.5. The molecule has 2 nitrogen and oxygen atoms in total. The molecule has 0 aromatic carbocycles.